The number of benzene rings is 1. The molecule has 0 bridgehead atoms. The van der Waals surface area contributed by atoms with Crippen molar-refractivity contribution in [3.63, 3.8) is 0 Å². The van der Waals surface area contributed by atoms with E-state index in [-0.39, 0.29) is 24.4 Å². The molecule has 0 radical (unpaired) electrons. The van der Waals surface area contributed by atoms with Crippen molar-refractivity contribution in [1.29, 1.82) is 5.41 Å². The molecule has 0 amide bonds. The van der Waals surface area contributed by atoms with Crippen LogP contribution in [0.1, 0.15) is 24.8 Å². The Kier molecular flexibility index (Phi) is 4.56. The van der Waals surface area contributed by atoms with Crippen molar-refractivity contribution in [1.82, 2.24) is 4.90 Å². The van der Waals surface area contributed by atoms with E-state index >= 15 is 0 Å². The van der Waals surface area contributed by atoms with Crippen LogP contribution in [0, 0.1) is 11.3 Å². The van der Waals surface area contributed by atoms with Crippen molar-refractivity contribution in [2.45, 2.75) is 25.3 Å². The molecule has 0 aliphatic carbocycles. The Hall–Kier alpha value is -1.39. The topological polar surface area (TPSA) is 73.3 Å². The van der Waals surface area contributed by atoms with Crippen molar-refractivity contribution in [2.24, 2.45) is 11.7 Å². The number of nitrogens with two attached hydrogens (primary N) is 1. The fraction of sp³-hybridized carbons (Fsp3) is 0.533. The first-order valence-corrected chi connectivity index (χ1v) is 6.87. The molecule has 1 aromatic rings. The van der Waals surface area contributed by atoms with Gasteiger partial charge >= 0.3 is 0 Å². The molecule has 0 spiro atoms. The molecule has 1 fully saturated rings. The van der Waals surface area contributed by atoms with Crippen molar-refractivity contribution in [3.8, 4) is 0 Å². The first kappa shape index (κ1) is 14.0. The summed E-state index contributed by atoms with van der Waals surface area (Å²) >= 11 is 0. The molecule has 4 N–H and O–H groups in total. The highest BCUT2D eigenvalue weighted by Gasteiger charge is 2.32. The Bertz CT molecular complexity index is 421. The third-order valence-electron chi connectivity index (χ3n) is 4.18. The molecule has 1 aliphatic rings. The van der Waals surface area contributed by atoms with Crippen molar-refractivity contribution in [3.05, 3.63) is 35.9 Å². The molecule has 0 aromatic heterocycles. The number of hydrogen-bond acceptors (Lipinski definition) is 3. The summed E-state index contributed by atoms with van der Waals surface area (Å²) in [7, 11) is 0. The summed E-state index contributed by atoms with van der Waals surface area (Å²) in [6.07, 6.45) is 1.10. The zero-order valence-corrected chi connectivity index (χ0v) is 11.4. The lowest BCUT2D eigenvalue weighted by molar-refractivity contribution is 0.138. The first-order chi connectivity index (χ1) is 9.13. The molecular weight excluding hydrogens is 238 g/mol. The summed E-state index contributed by atoms with van der Waals surface area (Å²) in [6.45, 7) is 4.05. The molecule has 1 aromatic carbocycles. The molecule has 2 rings (SSSR count). The molecule has 1 aliphatic heterocycles. The monoisotopic (exact) mass is 261 g/mol. The van der Waals surface area contributed by atoms with Gasteiger partial charge < -0.3 is 10.8 Å². The number of aliphatic hydroxyl groups is 1. The molecule has 4 heteroatoms. The van der Waals surface area contributed by atoms with Gasteiger partial charge in [0, 0.05) is 12.6 Å². The van der Waals surface area contributed by atoms with Gasteiger partial charge in [0.1, 0.15) is 0 Å². The average Bonchev–Trinajstić information content (AvgIpc) is 2.77. The van der Waals surface area contributed by atoms with E-state index in [1.807, 2.05) is 30.3 Å². The van der Waals surface area contributed by atoms with E-state index in [0.29, 0.717) is 5.92 Å². The second kappa shape index (κ2) is 6.17. The Balaban J connectivity index is 2.12. The van der Waals surface area contributed by atoms with E-state index in [2.05, 4.69) is 11.8 Å². The van der Waals surface area contributed by atoms with Gasteiger partial charge in [0.15, 0.2) is 0 Å². The van der Waals surface area contributed by atoms with E-state index in [4.69, 9.17) is 11.1 Å². The zero-order chi connectivity index (χ0) is 13.8. The summed E-state index contributed by atoms with van der Waals surface area (Å²) in [5.74, 6) is 0.622. The smallest absolute Gasteiger partial charge is 0.0995 e. The van der Waals surface area contributed by atoms with E-state index in [0.717, 1.165) is 25.1 Å². The molecular formula is C15H23N3O. The Labute approximate surface area is 114 Å². The largest absolute Gasteiger partial charge is 0.395 e. The van der Waals surface area contributed by atoms with Gasteiger partial charge in [-0.25, -0.2) is 0 Å². The number of amidine groups is 1. The highest BCUT2D eigenvalue weighted by atomic mass is 16.3. The Morgan fingerprint density at radius 1 is 1.47 bits per heavy atom. The average molecular weight is 261 g/mol. The summed E-state index contributed by atoms with van der Waals surface area (Å²) in [4.78, 5) is 2.27. The van der Waals surface area contributed by atoms with E-state index in [1.165, 1.54) is 0 Å². The minimum Gasteiger partial charge on any atom is -0.395 e. The van der Waals surface area contributed by atoms with Crippen molar-refractivity contribution < 1.29 is 5.11 Å². The number of hydrogen-bond donors (Lipinski definition) is 3. The highest BCUT2D eigenvalue weighted by Crippen LogP contribution is 2.27. The number of nitrogens with one attached hydrogen (secondary N) is 1. The lowest BCUT2D eigenvalue weighted by Crippen LogP contribution is -2.40. The van der Waals surface area contributed by atoms with Gasteiger partial charge in [0.05, 0.1) is 18.4 Å². The SMILES string of the molecule is CC1CCN(CC(C(=N)N)c2ccccc2)C1CO. The maximum absolute atomic E-state index is 9.50. The second-order valence-electron chi connectivity index (χ2n) is 5.43. The molecule has 0 saturated carbocycles. The van der Waals surface area contributed by atoms with Crippen LogP contribution < -0.4 is 5.73 Å². The van der Waals surface area contributed by atoms with Gasteiger partial charge in [-0.05, 0) is 24.4 Å². The highest BCUT2D eigenvalue weighted by molar-refractivity contribution is 5.84. The quantitative estimate of drug-likeness (QED) is 0.554. The van der Waals surface area contributed by atoms with Gasteiger partial charge in [0.25, 0.3) is 0 Å². The van der Waals surface area contributed by atoms with Crippen LogP contribution in [0.15, 0.2) is 30.3 Å². The van der Waals surface area contributed by atoms with Crippen LogP contribution in [0.3, 0.4) is 0 Å². The summed E-state index contributed by atoms with van der Waals surface area (Å²) < 4.78 is 0. The van der Waals surface area contributed by atoms with Crippen molar-refractivity contribution in [2.75, 3.05) is 19.7 Å². The number of rotatable bonds is 5. The van der Waals surface area contributed by atoms with Crippen molar-refractivity contribution >= 4 is 5.84 Å². The zero-order valence-electron chi connectivity index (χ0n) is 11.4. The third-order valence-corrected chi connectivity index (χ3v) is 4.18. The van der Waals surface area contributed by atoms with Crippen LogP contribution in [0.4, 0.5) is 0 Å². The van der Waals surface area contributed by atoms with Crippen LogP contribution in [-0.4, -0.2) is 41.6 Å². The summed E-state index contributed by atoms with van der Waals surface area (Å²) in [5, 5.41) is 17.3. The number of nitrogens with zero attached hydrogens (tertiary/aromatic N) is 1. The van der Waals surface area contributed by atoms with E-state index < -0.39 is 0 Å². The molecule has 3 atom stereocenters. The molecule has 104 valence electrons. The van der Waals surface area contributed by atoms with E-state index in [1.54, 1.807) is 0 Å². The summed E-state index contributed by atoms with van der Waals surface area (Å²) in [6, 6.07) is 10.1. The third kappa shape index (κ3) is 3.14. The Morgan fingerprint density at radius 3 is 2.74 bits per heavy atom. The second-order valence-corrected chi connectivity index (χ2v) is 5.43. The maximum atomic E-state index is 9.50. The molecule has 4 nitrogen and oxygen atoms in total. The first-order valence-electron chi connectivity index (χ1n) is 6.87. The molecule has 1 saturated heterocycles. The lowest BCUT2D eigenvalue weighted by atomic mass is 9.96. The minimum atomic E-state index is -0.0828. The number of likely N-dealkylation sites (tertiary alicyclic amines) is 1. The van der Waals surface area contributed by atoms with Gasteiger partial charge in [-0.2, -0.15) is 0 Å². The standard InChI is InChI=1S/C15H23N3O/c1-11-7-8-18(14(11)10-19)9-13(15(16)17)12-5-3-2-4-6-12/h2-6,11,13-14,19H,7-10H2,1H3,(H3,16,17). The van der Waals surface area contributed by atoms with Crippen LogP contribution in [0.25, 0.3) is 0 Å². The van der Waals surface area contributed by atoms with Crippen LogP contribution in [-0.2, 0) is 0 Å². The van der Waals surface area contributed by atoms with Crippen LogP contribution in [0.5, 0.6) is 0 Å². The maximum Gasteiger partial charge on any atom is 0.0995 e. The normalized spacial score (nSPS) is 25.4. The number of aliphatic hydroxyl groups excluding tert-OH is 1. The van der Waals surface area contributed by atoms with Gasteiger partial charge in [-0.3, -0.25) is 10.3 Å². The lowest BCUT2D eigenvalue weighted by Gasteiger charge is -2.29. The van der Waals surface area contributed by atoms with Gasteiger partial charge in [-0.1, -0.05) is 37.3 Å². The molecule has 3 unspecified atom stereocenters. The van der Waals surface area contributed by atoms with E-state index in [9.17, 15) is 5.11 Å². The predicted molar refractivity (Wildman–Crippen MR) is 77.3 cm³/mol. The van der Waals surface area contributed by atoms with Gasteiger partial charge in [0.2, 0.25) is 0 Å². The minimum absolute atomic E-state index is 0.0828. The van der Waals surface area contributed by atoms with Crippen LogP contribution >= 0.6 is 0 Å². The molecule has 19 heavy (non-hydrogen) atoms. The van der Waals surface area contributed by atoms with Crippen LogP contribution in [0.2, 0.25) is 0 Å². The Morgan fingerprint density at radius 2 is 2.16 bits per heavy atom. The fourth-order valence-electron chi connectivity index (χ4n) is 2.91. The molecule has 1 heterocycles. The summed E-state index contributed by atoms with van der Waals surface area (Å²) in [5.41, 5.74) is 6.84. The van der Waals surface area contributed by atoms with Gasteiger partial charge in [-0.15, -0.1) is 0 Å². The predicted octanol–water partition coefficient (Wildman–Crippen LogP) is 1.41. The fourth-order valence-corrected chi connectivity index (χ4v) is 2.91.